The van der Waals surface area contributed by atoms with Gasteiger partial charge in [0.25, 0.3) is 11.8 Å². The van der Waals surface area contributed by atoms with Crippen molar-refractivity contribution in [3.63, 3.8) is 0 Å². The van der Waals surface area contributed by atoms with Crippen LogP contribution in [0.2, 0.25) is 0 Å². The van der Waals surface area contributed by atoms with Crippen LogP contribution >= 0.6 is 11.6 Å². The van der Waals surface area contributed by atoms with Gasteiger partial charge in [0.05, 0.1) is 56.5 Å². The average molecular weight is 638 g/mol. The maximum Gasteiger partial charge on any atom is 0.264 e. The standard InChI is InChI=1S/C31H44ClN3O9/c32-14-5-1-2-6-15-41-17-19-43-21-22-44-20-18-42-16-7-3-4-11-26(36)33-24-10-8-9-23-28(24)31(40)35(30(23)39)25-12-13-27(37)34-29(25)38/h8-10,25H,1-7,11-22H2,(H,33,36)(H,34,37,38). The zero-order valence-corrected chi connectivity index (χ0v) is 26.0. The molecule has 44 heavy (non-hydrogen) atoms. The molecular formula is C31H44ClN3O9. The van der Waals surface area contributed by atoms with E-state index < -0.39 is 29.7 Å². The molecule has 1 atom stereocenters. The van der Waals surface area contributed by atoms with E-state index in [0.29, 0.717) is 52.7 Å². The molecule has 1 aromatic rings. The third-order valence-electron chi connectivity index (χ3n) is 7.22. The second-order valence-electron chi connectivity index (χ2n) is 10.6. The van der Waals surface area contributed by atoms with Crippen molar-refractivity contribution in [2.45, 2.75) is 70.3 Å². The number of fused-ring (bicyclic) bond motifs is 1. The van der Waals surface area contributed by atoms with E-state index >= 15 is 0 Å². The Balaban J connectivity index is 1.19. The van der Waals surface area contributed by atoms with Crippen LogP contribution in [0.5, 0.6) is 0 Å². The van der Waals surface area contributed by atoms with Gasteiger partial charge in [-0.15, -0.1) is 11.6 Å². The summed E-state index contributed by atoms with van der Waals surface area (Å²) < 4.78 is 22.1. The van der Waals surface area contributed by atoms with Crippen LogP contribution in [-0.2, 0) is 33.3 Å². The van der Waals surface area contributed by atoms with Gasteiger partial charge in [-0.3, -0.25) is 34.2 Å². The molecule has 2 N–H and O–H groups in total. The van der Waals surface area contributed by atoms with Crippen molar-refractivity contribution in [2.24, 2.45) is 0 Å². The Morgan fingerprint density at radius 1 is 0.795 bits per heavy atom. The second kappa shape index (κ2) is 20.2. The number of nitrogens with zero attached hydrogens (tertiary/aromatic N) is 1. The Kier molecular flexibility index (Phi) is 16.3. The van der Waals surface area contributed by atoms with E-state index in [1.807, 2.05) is 0 Å². The number of carbonyl (C=O) groups excluding carboxylic acids is 5. The molecule has 1 aromatic carbocycles. The van der Waals surface area contributed by atoms with Crippen LogP contribution in [-0.4, -0.2) is 99.2 Å². The molecule has 1 saturated heterocycles. The van der Waals surface area contributed by atoms with Crippen LogP contribution in [0.25, 0.3) is 0 Å². The summed E-state index contributed by atoms with van der Waals surface area (Å²) >= 11 is 5.65. The number of alkyl halides is 1. The van der Waals surface area contributed by atoms with E-state index in [1.54, 1.807) is 12.1 Å². The number of amides is 5. The Hall–Kier alpha value is -2.90. The number of benzene rings is 1. The Morgan fingerprint density at radius 3 is 2.00 bits per heavy atom. The lowest BCUT2D eigenvalue weighted by Crippen LogP contribution is -2.54. The van der Waals surface area contributed by atoms with E-state index in [0.717, 1.165) is 55.9 Å². The summed E-state index contributed by atoms with van der Waals surface area (Å²) in [5.41, 5.74) is 0.413. The number of hydrogen-bond acceptors (Lipinski definition) is 9. The molecule has 244 valence electrons. The molecular weight excluding hydrogens is 594 g/mol. The predicted molar refractivity (Wildman–Crippen MR) is 163 cm³/mol. The number of piperidine rings is 1. The smallest absolute Gasteiger partial charge is 0.264 e. The first kappa shape index (κ1) is 35.6. The highest BCUT2D eigenvalue weighted by Crippen LogP contribution is 2.32. The molecule has 12 nitrogen and oxygen atoms in total. The fourth-order valence-electron chi connectivity index (χ4n) is 4.91. The lowest BCUT2D eigenvalue weighted by atomic mass is 10.0. The van der Waals surface area contributed by atoms with E-state index in [9.17, 15) is 24.0 Å². The number of nitrogens with one attached hydrogen (secondary N) is 2. The zero-order valence-electron chi connectivity index (χ0n) is 25.2. The van der Waals surface area contributed by atoms with Crippen LogP contribution in [0.3, 0.4) is 0 Å². The summed E-state index contributed by atoms with van der Waals surface area (Å²) in [5.74, 6) is -1.95. The maximum absolute atomic E-state index is 13.1. The summed E-state index contributed by atoms with van der Waals surface area (Å²) in [7, 11) is 0. The quantitative estimate of drug-likeness (QED) is 0.104. The van der Waals surface area contributed by atoms with E-state index in [-0.39, 0.29) is 42.0 Å². The minimum Gasteiger partial charge on any atom is -0.379 e. The lowest BCUT2D eigenvalue weighted by Gasteiger charge is -2.27. The Morgan fingerprint density at radius 2 is 1.39 bits per heavy atom. The molecule has 2 aliphatic heterocycles. The number of imide groups is 2. The normalized spacial score (nSPS) is 16.4. The van der Waals surface area contributed by atoms with Crippen LogP contribution in [0.4, 0.5) is 5.69 Å². The number of halogens is 1. The number of carbonyl (C=O) groups is 5. The molecule has 0 radical (unpaired) electrons. The number of unbranched alkanes of at least 4 members (excludes halogenated alkanes) is 5. The van der Waals surface area contributed by atoms with Gasteiger partial charge in [0.15, 0.2) is 0 Å². The molecule has 3 rings (SSSR count). The highest BCUT2D eigenvalue weighted by molar-refractivity contribution is 6.26. The Bertz CT molecular complexity index is 1120. The first-order valence-electron chi connectivity index (χ1n) is 15.5. The number of ether oxygens (including phenoxy) is 4. The first-order chi connectivity index (χ1) is 21.4. The monoisotopic (exact) mass is 637 g/mol. The zero-order chi connectivity index (χ0) is 31.6. The summed E-state index contributed by atoms with van der Waals surface area (Å²) in [6.45, 7) is 4.41. The van der Waals surface area contributed by atoms with Gasteiger partial charge < -0.3 is 24.3 Å². The van der Waals surface area contributed by atoms with Gasteiger partial charge in [0.2, 0.25) is 17.7 Å². The molecule has 0 bridgehead atoms. The van der Waals surface area contributed by atoms with Crippen molar-refractivity contribution in [3.05, 3.63) is 29.3 Å². The van der Waals surface area contributed by atoms with Crippen LogP contribution in [0, 0.1) is 0 Å². The summed E-state index contributed by atoms with van der Waals surface area (Å²) in [6.07, 6.45) is 6.95. The van der Waals surface area contributed by atoms with Crippen molar-refractivity contribution in [1.29, 1.82) is 0 Å². The molecule has 2 aliphatic rings. The lowest BCUT2D eigenvalue weighted by molar-refractivity contribution is -0.136. The minimum atomic E-state index is -1.06. The number of hydrogen-bond donors (Lipinski definition) is 2. The molecule has 0 aromatic heterocycles. The van der Waals surface area contributed by atoms with Crippen LogP contribution in [0.1, 0.15) is 84.9 Å². The summed E-state index contributed by atoms with van der Waals surface area (Å²) in [5, 5.41) is 4.90. The SMILES string of the molecule is O=C1CCC(N2C(=O)c3cccc(NC(=O)CCCCCOCCOCCOCCOCCCCCCCl)c3C2=O)C(=O)N1. The van der Waals surface area contributed by atoms with Gasteiger partial charge in [-0.25, -0.2) is 0 Å². The fourth-order valence-corrected chi connectivity index (χ4v) is 5.10. The summed E-state index contributed by atoms with van der Waals surface area (Å²) in [6, 6.07) is 3.56. The van der Waals surface area contributed by atoms with Crippen LogP contribution < -0.4 is 10.6 Å². The molecule has 1 fully saturated rings. The highest BCUT2D eigenvalue weighted by atomic mass is 35.5. The van der Waals surface area contributed by atoms with Crippen molar-refractivity contribution in [1.82, 2.24) is 10.2 Å². The third-order valence-corrected chi connectivity index (χ3v) is 7.49. The molecule has 2 heterocycles. The molecule has 0 saturated carbocycles. The van der Waals surface area contributed by atoms with Crippen molar-refractivity contribution >= 4 is 46.8 Å². The molecule has 5 amide bonds. The summed E-state index contributed by atoms with van der Waals surface area (Å²) in [4.78, 5) is 63.3. The maximum atomic E-state index is 13.1. The van der Waals surface area contributed by atoms with Gasteiger partial charge in [0, 0.05) is 31.9 Å². The van der Waals surface area contributed by atoms with E-state index in [2.05, 4.69) is 10.6 Å². The average Bonchev–Trinajstić information content (AvgIpc) is 3.26. The topological polar surface area (TPSA) is 150 Å². The van der Waals surface area contributed by atoms with Crippen molar-refractivity contribution in [2.75, 3.05) is 64.1 Å². The molecule has 0 spiro atoms. The number of anilines is 1. The highest BCUT2D eigenvalue weighted by Gasteiger charge is 2.45. The molecule has 0 aliphatic carbocycles. The van der Waals surface area contributed by atoms with Gasteiger partial charge in [-0.2, -0.15) is 0 Å². The fraction of sp³-hybridized carbons (Fsp3) is 0.645. The second-order valence-corrected chi connectivity index (χ2v) is 11.0. The molecule has 1 unspecified atom stereocenters. The van der Waals surface area contributed by atoms with E-state index in [4.69, 9.17) is 30.5 Å². The van der Waals surface area contributed by atoms with Crippen molar-refractivity contribution < 1.29 is 42.9 Å². The van der Waals surface area contributed by atoms with Crippen molar-refractivity contribution in [3.8, 4) is 0 Å². The first-order valence-corrected chi connectivity index (χ1v) is 16.0. The van der Waals surface area contributed by atoms with Gasteiger partial charge in [0.1, 0.15) is 6.04 Å². The largest absolute Gasteiger partial charge is 0.379 e. The van der Waals surface area contributed by atoms with Gasteiger partial charge in [-0.05, 0) is 44.2 Å². The molecule has 13 heteroatoms. The van der Waals surface area contributed by atoms with Gasteiger partial charge in [-0.1, -0.05) is 25.3 Å². The third kappa shape index (κ3) is 11.6. The van der Waals surface area contributed by atoms with E-state index in [1.165, 1.54) is 6.07 Å². The van der Waals surface area contributed by atoms with Gasteiger partial charge >= 0.3 is 0 Å². The Labute approximate surface area is 263 Å². The number of rotatable bonds is 23. The van der Waals surface area contributed by atoms with Crippen LogP contribution in [0.15, 0.2) is 18.2 Å². The predicted octanol–water partition coefficient (Wildman–Crippen LogP) is 3.45. The minimum absolute atomic E-state index is 0.0371.